The lowest BCUT2D eigenvalue weighted by molar-refractivity contribution is -0.137. The minimum Gasteiger partial charge on any atom is -0.437 e. The van der Waals surface area contributed by atoms with Crippen molar-refractivity contribution >= 4 is 28.4 Å². The van der Waals surface area contributed by atoms with Gasteiger partial charge in [0.05, 0.1) is 16.8 Å². The lowest BCUT2D eigenvalue weighted by Gasteiger charge is -2.31. The Labute approximate surface area is 213 Å². The number of aromatic nitrogens is 4. The molecule has 0 saturated carbocycles. The molecule has 3 heterocycles. The standard InChI is InChI=1S/C25H22F3N7O3/c1-12-5-8-17(23(30)36)35(12)18-9-13(25(26,27)28)6-7-14(18)16-10-20(32-11-31-16)38-19-4-2-3-15-21(19)34-22(29)24(37)33-15/h2-4,6-7,9-12,17H,5,8H2,1H3,(H2,29,34)(H2,30,36)(H,33,37). The van der Waals surface area contributed by atoms with Crippen LogP contribution in [0.3, 0.4) is 0 Å². The largest absolute Gasteiger partial charge is 0.437 e. The molecular formula is C25H22F3N7O3. The number of nitrogens with one attached hydrogen (secondary N) is 1. The van der Waals surface area contributed by atoms with Gasteiger partial charge in [-0.25, -0.2) is 15.0 Å². The smallest absolute Gasteiger partial charge is 0.416 e. The highest BCUT2D eigenvalue weighted by Gasteiger charge is 2.38. The fourth-order valence-corrected chi connectivity index (χ4v) is 4.64. The number of hydrogen-bond acceptors (Lipinski definition) is 8. The molecule has 2 aromatic heterocycles. The number of H-pyrrole nitrogens is 1. The maximum absolute atomic E-state index is 13.6. The van der Waals surface area contributed by atoms with Crippen LogP contribution in [0.5, 0.6) is 11.6 Å². The van der Waals surface area contributed by atoms with Gasteiger partial charge >= 0.3 is 6.18 Å². The Morgan fingerprint density at radius 2 is 1.95 bits per heavy atom. The number of aromatic amines is 1. The molecule has 0 radical (unpaired) electrons. The summed E-state index contributed by atoms with van der Waals surface area (Å²) in [6.45, 7) is 1.82. The molecule has 0 spiro atoms. The van der Waals surface area contributed by atoms with Crippen LogP contribution >= 0.6 is 0 Å². The number of carbonyl (C=O) groups excluding carboxylic acids is 1. The van der Waals surface area contributed by atoms with Gasteiger partial charge in [-0.2, -0.15) is 13.2 Å². The second kappa shape index (κ2) is 9.32. The van der Waals surface area contributed by atoms with E-state index in [1.165, 1.54) is 18.5 Å². The molecule has 196 valence electrons. The maximum Gasteiger partial charge on any atom is 0.416 e. The van der Waals surface area contributed by atoms with Gasteiger partial charge in [0.1, 0.15) is 17.9 Å². The van der Waals surface area contributed by atoms with Gasteiger partial charge in [0.2, 0.25) is 11.8 Å². The number of primary amides is 1. The van der Waals surface area contributed by atoms with Crippen molar-refractivity contribution in [3.8, 4) is 22.9 Å². The molecule has 13 heteroatoms. The third kappa shape index (κ3) is 4.58. The number of rotatable bonds is 5. The molecule has 5 N–H and O–H groups in total. The van der Waals surface area contributed by atoms with E-state index in [4.69, 9.17) is 16.2 Å². The monoisotopic (exact) mass is 525 g/mol. The van der Waals surface area contributed by atoms with Crippen LogP contribution in [0.15, 0.2) is 53.6 Å². The summed E-state index contributed by atoms with van der Waals surface area (Å²) in [6, 6.07) is 8.59. The van der Waals surface area contributed by atoms with Gasteiger partial charge in [-0.1, -0.05) is 12.1 Å². The van der Waals surface area contributed by atoms with Gasteiger partial charge in [-0.3, -0.25) is 9.59 Å². The minimum absolute atomic E-state index is 0.0702. The molecule has 2 atom stereocenters. The summed E-state index contributed by atoms with van der Waals surface area (Å²) in [6.07, 6.45) is -2.38. The van der Waals surface area contributed by atoms with Gasteiger partial charge < -0.3 is 26.1 Å². The van der Waals surface area contributed by atoms with E-state index in [1.54, 1.807) is 23.1 Å². The quantitative estimate of drug-likeness (QED) is 0.357. The number of alkyl halides is 3. The predicted octanol–water partition coefficient (Wildman–Crippen LogP) is 3.62. The fourth-order valence-electron chi connectivity index (χ4n) is 4.64. The molecule has 0 aliphatic carbocycles. The highest BCUT2D eigenvalue weighted by atomic mass is 19.4. The highest BCUT2D eigenvalue weighted by Crippen LogP contribution is 2.41. The van der Waals surface area contributed by atoms with Gasteiger partial charge in [0, 0.05) is 23.4 Å². The summed E-state index contributed by atoms with van der Waals surface area (Å²) < 4.78 is 46.8. The lowest BCUT2D eigenvalue weighted by Crippen LogP contribution is -2.43. The zero-order valence-electron chi connectivity index (χ0n) is 20.0. The molecule has 4 aromatic rings. The van der Waals surface area contributed by atoms with Crippen LogP contribution in [-0.4, -0.2) is 37.9 Å². The molecule has 1 saturated heterocycles. The number of nitrogens with zero attached hydrogens (tertiary/aromatic N) is 4. The normalized spacial score (nSPS) is 17.6. The molecular weight excluding hydrogens is 503 g/mol. The molecule has 5 rings (SSSR count). The van der Waals surface area contributed by atoms with Gasteiger partial charge in [0.15, 0.2) is 11.6 Å². The number of nitrogens with two attached hydrogens (primary N) is 2. The van der Waals surface area contributed by atoms with Crippen molar-refractivity contribution in [3.05, 3.63) is 64.7 Å². The first kappa shape index (κ1) is 25.0. The second-order valence-corrected chi connectivity index (χ2v) is 8.93. The molecule has 2 aromatic carbocycles. The van der Waals surface area contributed by atoms with Gasteiger partial charge in [0.25, 0.3) is 5.56 Å². The highest BCUT2D eigenvalue weighted by molar-refractivity contribution is 5.88. The van der Waals surface area contributed by atoms with Crippen LogP contribution in [0.2, 0.25) is 0 Å². The van der Waals surface area contributed by atoms with Crippen molar-refractivity contribution in [2.45, 2.75) is 38.0 Å². The number of hydrogen-bond donors (Lipinski definition) is 3. The number of benzene rings is 2. The second-order valence-electron chi connectivity index (χ2n) is 8.93. The number of fused-ring (bicyclic) bond motifs is 1. The van der Waals surface area contributed by atoms with Crippen molar-refractivity contribution in [2.75, 3.05) is 10.6 Å². The molecule has 1 aliphatic heterocycles. The molecule has 1 fully saturated rings. The van der Waals surface area contributed by atoms with E-state index >= 15 is 0 Å². The van der Waals surface area contributed by atoms with Crippen LogP contribution in [0.4, 0.5) is 24.7 Å². The number of para-hydroxylation sites is 1. The van der Waals surface area contributed by atoms with Crippen molar-refractivity contribution in [2.24, 2.45) is 5.73 Å². The van der Waals surface area contributed by atoms with Crippen LogP contribution in [0.1, 0.15) is 25.3 Å². The molecule has 1 amide bonds. The Kier molecular flexibility index (Phi) is 6.13. The topological polar surface area (TPSA) is 153 Å². The predicted molar refractivity (Wildman–Crippen MR) is 133 cm³/mol. The lowest BCUT2D eigenvalue weighted by atomic mass is 10.0. The molecule has 1 aliphatic rings. The van der Waals surface area contributed by atoms with Crippen LogP contribution in [-0.2, 0) is 11.0 Å². The van der Waals surface area contributed by atoms with E-state index in [-0.39, 0.29) is 40.4 Å². The van der Waals surface area contributed by atoms with Crippen LogP contribution < -0.4 is 26.7 Å². The van der Waals surface area contributed by atoms with Crippen LogP contribution in [0, 0.1) is 0 Å². The fraction of sp³-hybridized carbons (Fsp3) is 0.240. The average Bonchev–Trinajstić information content (AvgIpc) is 3.26. The summed E-state index contributed by atoms with van der Waals surface area (Å²) >= 11 is 0. The SMILES string of the molecule is CC1CCC(C(N)=O)N1c1cc(C(F)(F)F)ccc1-c1cc(Oc2cccc3[nH]c(=O)c(N)nc23)ncn1. The van der Waals surface area contributed by atoms with Crippen molar-refractivity contribution in [3.63, 3.8) is 0 Å². The van der Waals surface area contributed by atoms with E-state index in [0.29, 0.717) is 23.9 Å². The first-order valence-corrected chi connectivity index (χ1v) is 11.6. The summed E-state index contributed by atoms with van der Waals surface area (Å²) in [5.74, 6) is -0.550. The third-order valence-electron chi connectivity index (χ3n) is 6.44. The van der Waals surface area contributed by atoms with Gasteiger partial charge in [-0.05, 0) is 44.0 Å². The van der Waals surface area contributed by atoms with Crippen molar-refractivity contribution in [1.82, 2.24) is 19.9 Å². The third-order valence-corrected chi connectivity index (χ3v) is 6.44. The Hall–Kier alpha value is -4.68. The zero-order chi connectivity index (χ0) is 27.2. The summed E-state index contributed by atoms with van der Waals surface area (Å²) in [7, 11) is 0. The Bertz CT molecular complexity index is 1610. The first-order valence-electron chi connectivity index (χ1n) is 11.6. The van der Waals surface area contributed by atoms with E-state index in [0.717, 1.165) is 12.1 Å². The van der Waals surface area contributed by atoms with E-state index < -0.39 is 29.2 Å². The number of halogens is 3. The average molecular weight is 525 g/mol. The number of ether oxygens (including phenoxy) is 1. The summed E-state index contributed by atoms with van der Waals surface area (Å²) in [5, 5.41) is 0. The Balaban J connectivity index is 1.60. The van der Waals surface area contributed by atoms with Gasteiger partial charge in [-0.15, -0.1) is 0 Å². The van der Waals surface area contributed by atoms with E-state index in [2.05, 4.69) is 19.9 Å². The Morgan fingerprint density at radius 3 is 2.68 bits per heavy atom. The minimum atomic E-state index is -4.59. The maximum atomic E-state index is 13.6. The number of nitrogen functional groups attached to an aromatic ring is 1. The molecule has 38 heavy (non-hydrogen) atoms. The molecule has 0 bridgehead atoms. The zero-order valence-corrected chi connectivity index (χ0v) is 20.0. The number of anilines is 2. The molecule has 2 unspecified atom stereocenters. The first-order chi connectivity index (χ1) is 18.0. The number of amides is 1. The van der Waals surface area contributed by atoms with E-state index in [9.17, 15) is 22.8 Å². The Morgan fingerprint density at radius 1 is 1.16 bits per heavy atom. The van der Waals surface area contributed by atoms with Crippen molar-refractivity contribution in [1.29, 1.82) is 0 Å². The molecule has 10 nitrogen and oxygen atoms in total. The van der Waals surface area contributed by atoms with Crippen LogP contribution in [0.25, 0.3) is 22.3 Å². The summed E-state index contributed by atoms with van der Waals surface area (Å²) in [5.41, 5.74) is 11.3. The van der Waals surface area contributed by atoms with E-state index in [1.807, 2.05) is 6.92 Å². The summed E-state index contributed by atoms with van der Waals surface area (Å²) in [4.78, 5) is 40.6. The van der Waals surface area contributed by atoms with Crippen molar-refractivity contribution < 1.29 is 22.7 Å². The number of carbonyl (C=O) groups is 1.